The zero-order chi connectivity index (χ0) is 15.5. The van der Waals surface area contributed by atoms with E-state index in [4.69, 9.17) is 17.3 Å². The van der Waals surface area contributed by atoms with Crippen LogP contribution in [-0.2, 0) is 6.42 Å². The van der Waals surface area contributed by atoms with Crippen LogP contribution < -0.4 is 5.73 Å². The van der Waals surface area contributed by atoms with Crippen LogP contribution in [-0.4, -0.2) is 11.8 Å². The topological polar surface area (TPSA) is 38.4 Å². The summed E-state index contributed by atoms with van der Waals surface area (Å²) in [6.45, 7) is 10.2. The van der Waals surface area contributed by atoms with Gasteiger partial charge in [0, 0.05) is 29.4 Å². The molecule has 0 radical (unpaired) electrons. The summed E-state index contributed by atoms with van der Waals surface area (Å²) in [7, 11) is 0. The molecule has 0 heterocycles. The second-order valence-electron chi connectivity index (χ2n) is 5.04. The highest BCUT2D eigenvalue weighted by atomic mass is 35.5. The Labute approximate surface area is 128 Å². The zero-order valence-corrected chi connectivity index (χ0v) is 14.0. The molecule has 0 aliphatic heterocycles. The number of rotatable bonds is 4. The molecule has 1 aromatic rings. The first kappa shape index (κ1) is 18.9. The third-order valence-corrected chi connectivity index (χ3v) is 2.83. The van der Waals surface area contributed by atoms with E-state index in [9.17, 15) is 0 Å². The molecule has 1 atom stereocenters. The normalized spacial score (nSPS) is 13.6. The van der Waals surface area contributed by atoms with Crippen LogP contribution in [0.5, 0.6) is 0 Å². The maximum Gasteiger partial charge on any atom is 0.0406 e. The van der Waals surface area contributed by atoms with Crippen molar-refractivity contribution in [1.82, 2.24) is 0 Å². The van der Waals surface area contributed by atoms with E-state index in [0.29, 0.717) is 0 Å². The summed E-state index contributed by atoms with van der Waals surface area (Å²) in [6, 6.07) is 7.88. The summed E-state index contributed by atoms with van der Waals surface area (Å²) in [5.74, 6) is 0. The zero-order valence-electron chi connectivity index (χ0n) is 13.3. The third kappa shape index (κ3) is 8.89. The van der Waals surface area contributed by atoms with Crippen molar-refractivity contribution in [3.8, 4) is 0 Å². The fourth-order valence-electron chi connectivity index (χ4n) is 1.27. The number of hydrogen-bond acceptors (Lipinski definition) is 2. The van der Waals surface area contributed by atoms with Crippen LogP contribution in [0.4, 0.5) is 0 Å². The highest BCUT2D eigenvalue weighted by molar-refractivity contribution is 6.30. The molecule has 0 spiro atoms. The monoisotopic (exact) mass is 294 g/mol. The Morgan fingerprint density at radius 3 is 2.20 bits per heavy atom. The molecule has 1 rings (SSSR count). The summed E-state index contributed by atoms with van der Waals surface area (Å²) >= 11 is 5.83. The standard InChI is InChI=1S/C14H19ClN2.C3H8/c1-10(12(3)16)9-17-11(2)8-13-4-6-14(15)7-5-13;1-3-2/h4-7,9,12H,8,16H2,1-3H3;3H2,1-2H3/b10-9+,17-11?;. The van der Waals surface area contributed by atoms with Crippen molar-refractivity contribution in [1.29, 1.82) is 0 Å². The van der Waals surface area contributed by atoms with Gasteiger partial charge in [0.25, 0.3) is 0 Å². The van der Waals surface area contributed by atoms with Gasteiger partial charge in [-0.05, 0) is 44.0 Å². The average Bonchev–Trinajstić information content (AvgIpc) is 2.39. The summed E-state index contributed by atoms with van der Waals surface area (Å²) in [5.41, 5.74) is 9.10. The van der Waals surface area contributed by atoms with E-state index in [1.165, 1.54) is 12.0 Å². The summed E-state index contributed by atoms with van der Waals surface area (Å²) in [6.07, 6.45) is 3.93. The molecule has 0 saturated heterocycles. The van der Waals surface area contributed by atoms with E-state index in [1.54, 1.807) is 0 Å². The van der Waals surface area contributed by atoms with Gasteiger partial charge in [-0.15, -0.1) is 0 Å². The van der Waals surface area contributed by atoms with Crippen molar-refractivity contribution in [2.75, 3.05) is 0 Å². The van der Waals surface area contributed by atoms with Gasteiger partial charge in [0.15, 0.2) is 0 Å². The molecule has 2 nitrogen and oxygen atoms in total. The Hall–Kier alpha value is -1.12. The van der Waals surface area contributed by atoms with Gasteiger partial charge in [0.2, 0.25) is 0 Å². The van der Waals surface area contributed by atoms with Crippen molar-refractivity contribution < 1.29 is 0 Å². The second kappa shape index (κ2) is 10.6. The lowest BCUT2D eigenvalue weighted by Gasteiger charge is -2.04. The third-order valence-electron chi connectivity index (χ3n) is 2.58. The molecular weight excluding hydrogens is 268 g/mol. The van der Waals surface area contributed by atoms with Crippen LogP contribution in [0, 0.1) is 0 Å². The van der Waals surface area contributed by atoms with Crippen LogP contribution in [0.2, 0.25) is 5.02 Å². The molecule has 0 amide bonds. The van der Waals surface area contributed by atoms with Crippen molar-refractivity contribution in [2.24, 2.45) is 10.7 Å². The Morgan fingerprint density at radius 2 is 1.75 bits per heavy atom. The van der Waals surface area contributed by atoms with Crippen LogP contribution in [0.25, 0.3) is 0 Å². The molecule has 2 N–H and O–H groups in total. The largest absolute Gasteiger partial charge is 0.324 e. The van der Waals surface area contributed by atoms with Crippen LogP contribution in [0.15, 0.2) is 41.0 Å². The number of halogens is 1. The fraction of sp³-hybridized carbons (Fsp3) is 0.471. The minimum Gasteiger partial charge on any atom is -0.324 e. The molecule has 1 unspecified atom stereocenters. The number of aliphatic imine (C=N–C) groups is 1. The van der Waals surface area contributed by atoms with Gasteiger partial charge in [0.1, 0.15) is 0 Å². The first-order valence-electron chi connectivity index (χ1n) is 7.10. The minimum absolute atomic E-state index is 0.0575. The molecule has 3 heteroatoms. The molecule has 20 heavy (non-hydrogen) atoms. The Bertz CT molecular complexity index is 431. The van der Waals surface area contributed by atoms with Crippen molar-refractivity contribution >= 4 is 17.3 Å². The predicted molar refractivity (Wildman–Crippen MR) is 91.6 cm³/mol. The van der Waals surface area contributed by atoms with Gasteiger partial charge in [0.05, 0.1) is 0 Å². The van der Waals surface area contributed by atoms with Crippen LogP contribution in [0.1, 0.15) is 46.6 Å². The van der Waals surface area contributed by atoms with Gasteiger partial charge in [-0.25, -0.2) is 0 Å². The Morgan fingerprint density at radius 1 is 1.25 bits per heavy atom. The molecule has 0 bridgehead atoms. The smallest absolute Gasteiger partial charge is 0.0406 e. The quantitative estimate of drug-likeness (QED) is 0.779. The molecule has 0 saturated carbocycles. The Kier molecular flexibility index (Phi) is 10.0. The minimum atomic E-state index is 0.0575. The van der Waals surface area contributed by atoms with Gasteiger partial charge in [-0.3, -0.25) is 4.99 Å². The van der Waals surface area contributed by atoms with Gasteiger partial charge >= 0.3 is 0 Å². The van der Waals surface area contributed by atoms with E-state index >= 15 is 0 Å². The van der Waals surface area contributed by atoms with E-state index in [1.807, 2.05) is 51.2 Å². The van der Waals surface area contributed by atoms with Crippen molar-refractivity contribution in [2.45, 2.75) is 53.5 Å². The molecular formula is C17H27ClN2. The first-order chi connectivity index (χ1) is 9.40. The molecule has 0 fully saturated rings. The lowest BCUT2D eigenvalue weighted by atomic mass is 10.1. The number of benzene rings is 1. The molecule has 0 aromatic heterocycles. The number of hydrogen-bond donors (Lipinski definition) is 1. The van der Waals surface area contributed by atoms with Crippen LogP contribution in [0.3, 0.4) is 0 Å². The average molecular weight is 295 g/mol. The fourth-order valence-corrected chi connectivity index (χ4v) is 1.40. The van der Waals surface area contributed by atoms with E-state index < -0.39 is 0 Å². The second-order valence-corrected chi connectivity index (χ2v) is 5.47. The highest BCUT2D eigenvalue weighted by Gasteiger charge is 1.97. The highest BCUT2D eigenvalue weighted by Crippen LogP contribution is 2.10. The summed E-state index contributed by atoms with van der Waals surface area (Å²) in [4.78, 5) is 4.40. The lowest BCUT2D eigenvalue weighted by molar-refractivity contribution is 0.856. The first-order valence-corrected chi connectivity index (χ1v) is 7.48. The predicted octanol–water partition coefficient (Wildman–Crippen LogP) is 5.01. The van der Waals surface area contributed by atoms with E-state index in [2.05, 4.69) is 18.8 Å². The number of nitrogens with two attached hydrogens (primary N) is 1. The maximum atomic E-state index is 5.83. The van der Waals surface area contributed by atoms with Crippen molar-refractivity contribution in [3.63, 3.8) is 0 Å². The van der Waals surface area contributed by atoms with Gasteiger partial charge < -0.3 is 5.73 Å². The molecule has 1 aromatic carbocycles. The van der Waals surface area contributed by atoms with Gasteiger partial charge in [-0.1, -0.05) is 44.0 Å². The maximum absolute atomic E-state index is 5.83. The number of nitrogens with zero attached hydrogens (tertiary/aromatic N) is 1. The van der Waals surface area contributed by atoms with E-state index in [-0.39, 0.29) is 6.04 Å². The molecule has 0 aliphatic carbocycles. The lowest BCUT2D eigenvalue weighted by Crippen LogP contribution is -2.15. The molecule has 112 valence electrons. The Balaban J connectivity index is 0.00000110. The summed E-state index contributed by atoms with van der Waals surface area (Å²) in [5, 5.41) is 0.760. The van der Waals surface area contributed by atoms with E-state index in [0.717, 1.165) is 22.7 Å². The summed E-state index contributed by atoms with van der Waals surface area (Å²) < 4.78 is 0. The van der Waals surface area contributed by atoms with Crippen molar-refractivity contribution in [3.05, 3.63) is 46.6 Å². The van der Waals surface area contributed by atoms with Gasteiger partial charge in [-0.2, -0.15) is 0 Å². The van der Waals surface area contributed by atoms with Crippen LogP contribution >= 0.6 is 11.6 Å². The SMILES string of the molecule is CC(Cc1ccc(Cl)cc1)=N/C=C(\C)C(C)N.CCC. The molecule has 0 aliphatic rings.